The maximum Gasteiger partial charge on any atom is 0.224 e. The van der Waals surface area contributed by atoms with Gasteiger partial charge in [-0.05, 0) is 30.0 Å². The van der Waals surface area contributed by atoms with Crippen molar-refractivity contribution in [2.24, 2.45) is 7.05 Å². The Kier molecular flexibility index (Phi) is 2.52. The number of aryl methyl sites for hydroxylation is 2. The Hall–Kier alpha value is -1.94. The summed E-state index contributed by atoms with van der Waals surface area (Å²) in [7, 11) is 1.86. The highest BCUT2D eigenvalue weighted by Gasteiger charge is 2.19. The summed E-state index contributed by atoms with van der Waals surface area (Å²) in [6.45, 7) is 1.95. The molecule has 0 unspecified atom stereocenters. The fourth-order valence-corrected chi connectivity index (χ4v) is 2.96. The minimum absolute atomic E-state index is 0.0132. The van der Waals surface area contributed by atoms with Crippen molar-refractivity contribution in [3.05, 3.63) is 51.8 Å². The van der Waals surface area contributed by atoms with Crippen LogP contribution in [0.4, 0.5) is 0 Å². The normalized spacial score (nSPS) is 11.0. The van der Waals surface area contributed by atoms with E-state index in [4.69, 9.17) is 0 Å². The summed E-state index contributed by atoms with van der Waals surface area (Å²) in [6, 6.07) is 9.76. The number of thiophene rings is 1. The fourth-order valence-electron chi connectivity index (χ4n) is 2.09. The van der Waals surface area contributed by atoms with Gasteiger partial charge < -0.3 is 0 Å². The van der Waals surface area contributed by atoms with Gasteiger partial charge in [-0.1, -0.05) is 18.2 Å². The van der Waals surface area contributed by atoms with Crippen LogP contribution in [-0.2, 0) is 7.05 Å². The number of hydrogen-bond donors (Lipinski definition) is 0. The molecule has 2 aromatic heterocycles. The molecule has 0 spiro atoms. The standard InChI is InChI=1S/C14H12N2OS/c1-9-7-8-18-14(9)13(17)12-10-5-3-4-6-11(10)16(2)15-12/h3-8H,1-2H3. The molecule has 0 radical (unpaired) electrons. The van der Waals surface area contributed by atoms with Crippen molar-refractivity contribution in [2.75, 3.05) is 0 Å². The highest BCUT2D eigenvalue weighted by Crippen LogP contribution is 2.24. The van der Waals surface area contributed by atoms with Crippen LogP contribution in [0.1, 0.15) is 20.9 Å². The maximum atomic E-state index is 12.5. The van der Waals surface area contributed by atoms with E-state index in [1.54, 1.807) is 4.68 Å². The monoisotopic (exact) mass is 256 g/mol. The van der Waals surface area contributed by atoms with Gasteiger partial charge in [-0.2, -0.15) is 5.10 Å². The maximum absolute atomic E-state index is 12.5. The van der Waals surface area contributed by atoms with Gasteiger partial charge in [-0.3, -0.25) is 9.48 Å². The highest BCUT2D eigenvalue weighted by molar-refractivity contribution is 7.12. The number of hydrogen-bond acceptors (Lipinski definition) is 3. The predicted octanol–water partition coefficient (Wildman–Crippen LogP) is 3.17. The number of aromatic nitrogens is 2. The molecule has 0 aliphatic heterocycles. The fraction of sp³-hybridized carbons (Fsp3) is 0.143. The number of carbonyl (C=O) groups is 1. The average molecular weight is 256 g/mol. The van der Waals surface area contributed by atoms with Gasteiger partial charge in [0.2, 0.25) is 5.78 Å². The minimum Gasteiger partial charge on any atom is -0.286 e. The summed E-state index contributed by atoms with van der Waals surface area (Å²) < 4.78 is 1.76. The van der Waals surface area contributed by atoms with Crippen molar-refractivity contribution in [2.45, 2.75) is 6.92 Å². The van der Waals surface area contributed by atoms with Gasteiger partial charge in [0.25, 0.3) is 0 Å². The van der Waals surface area contributed by atoms with Crippen LogP contribution in [0.25, 0.3) is 10.9 Å². The molecule has 0 aliphatic rings. The van der Waals surface area contributed by atoms with Crippen molar-refractivity contribution in [1.82, 2.24) is 9.78 Å². The molecular formula is C14H12N2OS. The van der Waals surface area contributed by atoms with Gasteiger partial charge in [0.1, 0.15) is 5.69 Å². The van der Waals surface area contributed by atoms with Crippen molar-refractivity contribution >= 4 is 28.0 Å². The molecule has 3 rings (SSSR count). The molecule has 0 N–H and O–H groups in total. The van der Waals surface area contributed by atoms with Crippen molar-refractivity contribution in [3.63, 3.8) is 0 Å². The number of benzene rings is 1. The lowest BCUT2D eigenvalue weighted by molar-refractivity contribution is 0.103. The first kappa shape index (κ1) is 11.2. The number of rotatable bonds is 2. The Morgan fingerprint density at radius 2 is 2.06 bits per heavy atom. The Balaban J connectivity index is 2.21. The molecule has 0 bridgehead atoms. The molecular weight excluding hydrogens is 244 g/mol. The molecule has 3 nitrogen and oxygen atoms in total. The smallest absolute Gasteiger partial charge is 0.224 e. The molecule has 0 saturated heterocycles. The molecule has 3 aromatic rings. The molecule has 18 heavy (non-hydrogen) atoms. The summed E-state index contributed by atoms with van der Waals surface area (Å²) in [6.07, 6.45) is 0. The lowest BCUT2D eigenvalue weighted by atomic mass is 10.1. The van der Waals surface area contributed by atoms with Crippen LogP contribution in [0.5, 0.6) is 0 Å². The zero-order valence-electron chi connectivity index (χ0n) is 10.2. The van der Waals surface area contributed by atoms with Crippen LogP contribution in [0.3, 0.4) is 0 Å². The van der Waals surface area contributed by atoms with Gasteiger partial charge in [-0.15, -0.1) is 11.3 Å². The van der Waals surface area contributed by atoms with Crippen molar-refractivity contribution < 1.29 is 4.79 Å². The van der Waals surface area contributed by atoms with E-state index in [-0.39, 0.29) is 5.78 Å². The molecule has 90 valence electrons. The summed E-state index contributed by atoms with van der Waals surface area (Å²) in [5.74, 6) is 0.0132. The Morgan fingerprint density at radius 1 is 1.28 bits per heavy atom. The van der Waals surface area contributed by atoms with E-state index in [1.807, 2.05) is 49.7 Å². The predicted molar refractivity (Wildman–Crippen MR) is 73.2 cm³/mol. The molecule has 4 heteroatoms. The molecule has 0 aliphatic carbocycles. The highest BCUT2D eigenvalue weighted by atomic mass is 32.1. The van der Waals surface area contributed by atoms with Gasteiger partial charge >= 0.3 is 0 Å². The quantitative estimate of drug-likeness (QED) is 0.660. The third-order valence-corrected chi connectivity index (χ3v) is 4.06. The summed E-state index contributed by atoms with van der Waals surface area (Å²) in [4.78, 5) is 13.3. The number of nitrogens with zero attached hydrogens (tertiary/aromatic N) is 2. The minimum atomic E-state index is 0.0132. The number of para-hydroxylation sites is 1. The second-order valence-electron chi connectivity index (χ2n) is 4.25. The van der Waals surface area contributed by atoms with E-state index >= 15 is 0 Å². The van der Waals surface area contributed by atoms with Crippen molar-refractivity contribution in [3.8, 4) is 0 Å². The second-order valence-corrected chi connectivity index (χ2v) is 5.17. The van der Waals surface area contributed by atoms with Crippen LogP contribution < -0.4 is 0 Å². The van der Waals surface area contributed by atoms with Gasteiger partial charge in [0, 0.05) is 12.4 Å². The van der Waals surface area contributed by atoms with E-state index in [0.717, 1.165) is 21.3 Å². The third-order valence-electron chi connectivity index (χ3n) is 3.04. The lowest BCUT2D eigenvalue weighted by Crippen LogP contribution is -2.03. The van der Waals surface area contributed by atoms with Crippen LogP contribution in [0.2, 0.25) is 0 Å². The molecule has 0 saturated carbocycles. The van der Waals surface area contributed by atoms with Crippen LogP contribution in [-0.4, -0.2) is 15.6 Å². The average Bonchev–Trinajstić information content (AvgIpc) is 2.94. The van der Waals surface area contributed by atoms with E-state index < -0.39 is 0 Å². The first-order chi connectivity index (χ1) is 8.68. The number of ketones is 1. The van der Waals surface area contributed by atoms with Gasteiger partial charge in [-0.25, -0.2) is 0 Å². The number of carbonyl (C=O) groups excluding carboxylic acids is 1. The van der Waals surface area contributed by atoms with E-state index in [9.17, 15) is 4.79 Å². The van der Waals surface area contributed by atoms with Crippen molar-refractivity contribution in [1.29, 1.82) is 0 Å². The molecule has 0 amide bonds. The van der Waals surface area contributed by atoms with Gasteiger partial charge in [0.05, 0.1) is 10.4 Å². The Labute approximate surface area is 109 Å². The zero-order chi connectivity index (χ0) is 12.7. The third kappa shape index (κ3) is 1.57. The van der Waals surface area contributed by atoms with Gasteiger partial charge in [0.15, 0.2) is 0 Å². The topological polar surface area (TPSA) is 34.9 Å². The Morgan fingerprint density at radius 3 is 2.78 bits per heavy atom. The Bertz CT molecular complexity index is 739. The number of fused-ring (bicyclic) bond motifs is 1. The van der Waals surface area contributed by atoms with E-state index in [2.05, 4.69) is 5.10 Å². The SMILES string of the molecule is Cc1ccsc1C(=O)c1nn(C)c2ccccc12. The second kappa shape index (κ2) is 4.07. The molecule has 2 heterocycles. The van der Waals surface area contributed by atoms with Crippen LogP contribution >= 0.6 is 11.3 Å². The first-order valence-corrected chi connectivity index (χ1v) is 6.57. The molecule has 0 atom stereocenters. The summed E-state index contributed by atoms with van der Waals surface area (Å²) in [5.41, 5.74) is 2.54. The summed E-state index contributed by atoms with van der Waals surface area (Å²) in [5, 5.41) is 7.21. The first-order valence-electron chi connectivity index (χ1n) is 5.69. The largest absolute Gasteiger partial charge is 0.286 e. The van der Waals surface area contributed by atoms with E-state index in [1.165, 1.54) is 11.3 Å². The van der Waals surface area contributed by atoms with Crippen LogP contribution in [0, 0.1) is 6.92 Å². The molecule has 0 fully saturated rings. The lowest BCUT2D eigenvalue weighted by Gasteiger charge is -1.96. The van der Waals surface area contributed by atoms with E-state index in [0.29, 0.717) is 5.69 Å². The molecule has 1 aromatic carbocycles. The zero-order valence-corrected chi connectivity index (χ0v) is 11.0. The summed E-state index contributed by atoms with van der Waals surface area (Å²) >= 11 is 1.47. The van der Waals surface area contributed by atoms with Crippen LogP contribution in [0.15, 0.2) is 35.7 Å².